The molecular formula is C26H21Cl2N9O2. The van der Waals surface area contributed by atoms with Gasteiger partial charge in [0.1, 0.15) is 12.2 Å². The van der Waals surface area contributed by atoms with Gasteiger partial charge in [0.2, 0.25) is 5.82 Å². The van der Waals surface area contributed by atoms with E-state index in [-0.39, 0.29) is 34.3 Å². The van der Waals surface area contributed by atoms with Crippen molar-refractivity contribution in [2.24, 2.45) is 5.73 Å². The van der Waals surface area contributed by atoms with Gasteiger partial charge in [0, 0.05) is 16.8 Å². The standard InChI is InChI=1S/C26H21Cl2N9O2/c1-14-5-7-16(8-6-14)24-32-35-36(34-24)13-18-12-21(37(33-18)25-20(28)4-3-9-30-25)26(39)31-22-15(2)10-17(27)11-19(22)23(29)38/h3-12H,13H2,1-2H3,(H2,29,38)(H,31,39). The summed E-state index contributed by atoms with van der Waals surface area (Å²) in [7, 11) is 0. The minimum atomic E-state index is -0.737. The molecule has 0 aliphatic rings. The Kier molecular flexibility index (Phi) is 7.09. The molecule has 0 radical (unpaired) electrons. The summed E-state index contributed by atoms with van der Waals surface area (Å²) in [4.78, 5) is 31.3. The maximum atomic E-state index is 13.5. The number of halogens is 2. The zero-order valence-electron chi connectivity index (χ0n) is 20.8. The van der Waals surface area contributed by atoms with Crippen molar-refractivity contribution in [3.8, 4) is 17.2 Å². The molecule has 0 aliphatic carbocycles. The van der Waals surface area contributed by atoms with Crippen LogP contribution in [-0.2, 0) is 6.54 Å². The fourth-order valence-corrected chi connectivity index (χ4v) is 4.39. The van der Waals surface area contributed by atoms with Crippen molar-refractivity contribution in [2.45, 2.75) is 20.4 Å². The summed E-state index contributed by atoms with van der Waals surface area (Å²) in [5.74, 6) is -0.613. The summed E-state index contributed by atoms with van der Waals surface area (Å²) < 4.78 is 1.32. The van der Waals surface area contributed by atoms with Crippen LogP contribution in [0, 0.1) is 13.8 Å². The van der Waals surface area contributed by atoms with Gasteiger partial charge in [-0.25, -0.2) is 9.67 Å². The summed E-state index contributed by atoms with van der Waals surface area (Å²) in [6, 6.07) is 15.6. The summed E-state index contributed by atoms with van der Waals surface area (Å²) in [6.07, 6.45) is 1.53. The van der Waals surface area contributed by atoms with Gasteiger partial charge in [0.05, 0.1) is 22.0 Å². The molecule has 0 aliphatic heterocycles. The Hall–Kier alpha value is -4.61. The Morgan fingerprint density at radius 2 is 1.79 bits per heavy atom. The van der Waals surface area contributed by atoms with Gasteiger partial charge in [-0.2, -0.15) is 9.90 Å². The molecule has 5 aromatic rings. The molecule has 3 aromatic heterocycles. The fraction of sp³-hybridized carbons (Fsp3) is 0.115. The van der Waals surface area contributed by atoms with Gasteiger partial charge in [-0.05, 0) is 55.0 Å². The average molecular weight is 562 g/mol. The second-order valence-electron chi connectivity index (χ2n) is 8.71. The minimum absolute atomic E-state index is 0.0750. The first kappa shape index (κ1) is 26.0. The van der Waals surface area contributed by atoms with E-state index in [0.29, 0.717) is 22.1 Å². The predicted octanol–water partition coefficient (Wildman–Crippen LogP) is 4.24. The topological polar surface area (TPSA) is 146 Å². The van der Waals surface area contributed by atoms with Crippen molar-refractivity contribution in [1.82, 2.24) is 35.0 Å². The number of aryl methyl sites for hydroxylation is 2. The van der Waals surface area contributed by atoms with Gasteiger partial charge in [-0.3, -0.25) is 9.59 Å². The number of nitrogens with two attached hydrogens (primary N) is 1. The molecule has 2 aromatic carbocycles. The number of hydrogen-bond donors (Lipinski definition) is 2. The highest BCUT2D eigenvalue weighted by atomic mass is 35.5. The average Bonchev–Trinajstić information content (AvgIpc) is 3.53. The normalized spacial score (nSPS) is 11.0. The number of primary amides is 1. The van der Waals surface area contributed by atoms with Crippen molar-refractivity contribution < 1.29 is 9.59 Å². The molecule has 2 amide bonds. The summed E-state index contributed by atoms with van der Waals surface area (Å²) >= 11 is 12.5. The van der Waals surface area contributed by atoms with Gasteiger partial charge in [0.25, 0.3) is 11.8 Å². The van der Waals surface area contributed by atoms with Crippen LogP contribution in [-0.4, -0.2) is 46.8 Å². The molecular weight excluding hydrogens is 541 g/mol. The van der Waals surface area contributed by atoms with Crippen LogP contribution in [0.3, 0.4) is 0 Å². The number of nitrogens with one attached hydrogen (secondary N) is 1. The summed E-state index contributed by atoms with van der Waals surface area (Å²) in [6.45, 7) is 3.81. The third-order valence-electron chi connectivity index (χ3n) is 5.80. The van der Waals surface area contributed by atoms with Gasteiger partial charge in [-0.1, -0.05) is 53.0 Å². The monoisotopic (exact) mass is 561 g/mol. The van der Waals surface area contributed by atoms with Crippen LogP contribution in [0.1, 0.15) is 37.7 Å². The Morgan fingerprint density at radius 3 is 2.51 bits per heavy atom. The third-order valence-corrected chi connectivity index (χ3v) is 6.32. The molecule has 3 heterocycles. The number of anilines is 1. The van der Waals surface area contributed by atoms with Crippen molar-refractivity contribution in [1.29, 1.82) is 0 Å². The second kappa shape index (κ2) is 10.6. The van der Waals surface area contributed by atoms with Crippen LogP contribution in [0.2, 0.25) is 10.0 Å². The van der Waals surface area contributed by atoms with E-state index >= 15 is 0 Å². The summed E-state index contributed by atoms with van der Waals surface area (Å²) in [5, 5.41) is 20.6. The van der Waals surface area contributed by atoms with E-state index in [1.807, 2.05) is 31.2 Å². The Morgan fingerprint density at radius 1 is 1.03 bits per heavy atom. The quantitative estimate of drug-likeness (QED) is 0.302. The zero-order valence-corrected chi connectivity index (χ0v) is 22.3. The molecule has 0 fully saturated rings. The van der Waals surface area contributed by atoms with E-state index in [2.05, 4.69) is 30.8 Å². The van der Waals surface area contributed by atoms with Crippen LogP contribution in [0.5, 0.6) is 0 Å². The molecule has 0 spiro atoms. The zero-order chi connectivity index (χ0) is 27.7. The molecule has 0 unspecified atom stereocenters. The predicted molar refractivity (Wildman–Crippen MR) is 146 cm³/mol. The molecule has 0 bridgehead atoms. The van der Waals surface area contributed by atoms with Crippen molar-refractivity contribution in [3.63, 3.8) is 0 Å². The van der Waals surface area contributed by atoms with E-state index < -0.39 is 11.8 Å². The molecule has 13 heteroatoms. The first-order valence-electron chi connectivity index (χ1n) is 11.7. The van der Waals surface area contributed by atoms with Crippen molar-refractivity contribution >= 4 is 40.7 Å². The van der Waals surface area contributed by atoms with E-state index in [1.54, 1.807) is 31.2 Å². The Labute approximate surface area is 232 Å². The molecule has 5 rings (SSSR count). The van der Waals surface area contributed by atoms with Crippen molar-refractivity contribution in [3.05, 3.63) is 98.9 Å². The van der Waals surface area contributed by atoms with Gasteiger partial charge in [0.15, 0.2) is 5.82 Å². The van der Waals surface area contributed by atoms with Crippen LogP contribution in [0.25, 0.3) is 17.2 Å². The summed E-state index contributed by atoms with van der Waals surface area (Å²) in [5.41, 5.74) is 8.89. The number of pyridine rings is 1. The lowest BCUT2D eigenvalue weighted by Crippen LogP contribution is -2.21. The lowest BCUT2D eigenvalue weighted by atomic mass is 10.1. The van der Waals surface area contributed by atoms with Gasteiger partial charge >= 0.3 is 0 Å². The number of amides is 2. The number of carbonyl (C=O) groups is 2. The molecule has 11 nitrogen and oxygen atoms in total. The van der Waals surface area contributed by atoms with Crippen LogP contribution in [0.15, 0.2) is 60.8 Å². The second-order valence-corrected chi connectivity index (χ2v) is 9.56. The highest BCUT2D eigenvalue weighted by molar-refractivity contribution is 6.32. The smallest absolute Gasteiger partial charge is 0.274 e. The number of tetrazole rings is 1. The first-order valence-corrected chi connectivity index (χ1v) is 12.4. The molecule has 3 N–H and O–H groups in total. The van der Waals surface area contributed by atoms with Crippen LogP contribution < -0.4 is 11.1 Å². The third kappa shape index (κ3) is 5.49. The number of aromatic nitrogens is 7. The maximum Gasteiger partial charge on any atom is 0.274 e. The number of carbonyl (C=O) groups excluding carboxylic acids is 2. The number of benzene rings is 2. The Balaban J connectivity index is 1.50. The maximum absolute atomic E-state index is 13.5. The largest absolute Gasteiger partial charge is 0.366 e. The highest BCUT2D eigenvalue weighted by Gasteiger charge is 2.23. The van der Waals surface area contributed by atoms with E-state index in [0.717, 1.165) is 11.1 Å². The van der Waals surface area contributed by atoms with E-state index in [4.69, 9.17) is 28.9 Å². The van der Waals surface area contributed by atoms with Gasteiger partial charge in [-0.15, -0.1) is 10.2 Å². The molecule has 0 saturated carbocycles. The SMILES string of the molecule is Cc1ccc(-c2nnn(Cc3cc(C(=O)Nc4c(C)cc(Cl)cc4C(N)=O)n(-c4ncccc4Cl)n3)n2)cc1. The number of rotatable bonds is 7. The van der Waals surface area contributed by atoms with E-state index in [9.17, 15) is 9.59 Å². The van der Waals surface area contributed by atoms with Crippen LogP contribution >= 0.6 is 23.2 Å². The number of nitrogens with zero attached hydrogens (tertiary/aromatic N) is 7. The Bertz CT molecular complexity index is 1710. The minimum Gasteiger partial charge on any atom is -0.366 e. The fourth-order valence-electron chi connectivity index (χ4n) is 3.92. The molecule has 0 atom stereocenters. The van der Waals surface area contributed by atoms with Crippen molar-refractivity contribution in [2.75, 3.05) is 5.32 Å². The lowest BCUT2D eigenvalue weighted by Gasteiger charge is -2.13. The number of hydrogen-bond acceptors (Lipinski definition) is 7. The van der Waals surface area contributed by atoms with Crippen LogP contribution in [0.4, 0.5) is 5.69 Å². The molecule has 39 heavy (non-hydrogen) atoms. The van der Waals surface area contributed by atoms with Gasteiger partial charge < -0.3 is 11.1 Å². The van der Waals surface area contributed by atoms with E-state index in [1.165, 1.54) is 21.7 Å². The first-order chi connectivity index (χ1) is 18.7. The molecule has 0 saturated heterocycles. The highest BCUT2D eigenvalue weighted by Crippen LogP contribution is 2.27. The lowest BCUT2D eigenvalue weighted by molar-refractivity contribution is 0.100. The molecule has 196 valence electrons.